The van der Waals surface area contributed by atoms with E-state index in [2.05, 4.69) is 21.8 Å². The van der Waals surface area contributed by atoms with Crippen molar-refractivity contribution < 1.29 is 24.2 Å². The number of pyridine rings is 1. The van der Waals surface area contributed by atoms with Crippen molar-refractivity contribution in [2.75, 3.05) is 33.9 Å². The average Bonchev–Trinajstić information content (AvgIpc) is 3.34. The molecule has 1 saturated heterocycles. The van der Waals surface area contributed by atoms with E-state index < -0.39 is 11.7 Å². The van der Waals surface area contributed by atoms with Gasteiger partial charge in [-0.15, -0.1) is 0 Å². The molecule has 0 unspecified atom stereocenters. The summed E-state index contributed by atoms with van der Waals surface area (Å²) in [5.74, 6) is 5.30. The highest BCUT2D eigenvalue weighted by molar-refractivity contribution is 6.45. The smallest absolute Gasteiger partial charge is 0.295 e. The molecule has 3 aromatic rings. The number of Topliss-reactive ketones (excluding diaryl/α,β-unsaturated/α-hetero) is 1. The summed E-state index contributed by atoms with van der Waals surface area (Å²) in [5, 5.41) is 9.63. The van der Waals surface area contributed by atoms with Gasteiger partial charge in [0.05, 0.1) is 31.4 Å². The molecular weight excluding hydrogens is 434 g/mol. The van der Waals surface area contributed by atoms with Crippen molar-refractivity contribution in [3.63, 3.8) is 0 Å². The summed E-state index contributed by atoms with van der Waals surface area (Å²) in [6.07, 6.45) is 4.15. The molecular formula is C26H25N3O5. The number of H-pyrrole nitrogens is 1. The van der Waals surface area contributed by atoms with Crippen LogP contribution in [0, 0.1) is 11.8 Å². The van der Waals surface area contributed by atoms with Crippen molar-refractivity contribution in [2.24, 2.45) is 0 Å². The molecule has 2 N–H and O–H groups in total. The second-order valence-corrected chi connectivity index (χ2v) is 7.71. The Morgan fingerprint density at radius 2 is 1.88 bits per heavy atom. The summed E-state index contributed by atoms with van der Waals surface area (Å²) in [6, 6.07) is 9.76. The van der Waals surface area contributed by atoms with Crippen molar-refractivity contribution >= 4 is 28.2 Å². The second kappa shape index (κ2) is 10.2. The number of likely N-dealkylation sites (tertiary alicyclic amines) is 1. The number of aliphatic hydroxyl groups excluding tert-OH is 1. The Labute approximate surface area is 197 Å². The van der Waals surface area contributed by atoms with Crippen LogP contribution in [-0.4, -0.2) is 65.6 Å². The fourth-order valence-electron chi connectivity index (χ4n) is 4.17. The maximum Gasteiger partial charge on any atom is 0.295 e. The lowest BCUT2D eigenvalue weighted by Crippen LogP contribution is -2.40. The zero-order chi connectivity index (χ0) is 24.1. The minimum atomic E-state index is -0.617. The van der Waals surface area contributed by atoms with Gasteiger partial charge >= 0.3 is 0 Å². The molecule has 0 atom stereocenters. The fraction of sp³-hybridized carbons (Fsp3) is 0.269. The van der Waals surface area contributed by atoms with Gasteiger partial charge in [-0.1, -0.05) is 47.7 Å². The topological polar surface area (TPSA) is 105 Å². The molecule has 8 heteroatoms. The number of hydrogen-bond acceptors (Lipinski definition) is 6. The van der Waals surface area contributed by atoms with E-state index in [1.807, 2.05) is 30.3 Å². The SMILES string of the molecule is COc1ncc(OC)c2c(C(=O)C(=O)N3CCC(=C(C#CCO)c4ccccc4)CC3)c[nH]c12. The highest BCUT2D eigenvalue weighted by atomic mass is 16.5. The van der Waals surface area contributed by atoms with Gasteiger partial charge in [0.25, 0.3) is 11.7 Å². The first-order valence-corrected chi connectivity index (χ1v) is 10.9. The van der Waals surface area contributed by atoms with Gasteiger partial charge in [0.1, 0.15) is 17.9 Å². The monoisotopic (exact) mass is 459 g/mol. The number of hydrogen-bond donors (Lipinski definition) is 2. The fourth-order valence-corrected chi connectivity index (χ4v) is 4.17. The maximum atomic E-state index is 13.2. The van der Waals surface area contributed by atoms with Gasteiger partial charge < -0.3 is 24.5 Å². The van der Waals surface area contributed by atoms with Crippen LogP contribution in [0.25, 0.3) is 16.5 Å². The Hall–Kier alpha value is -4.09. The molecule has 2 aromatic heterocycles. The number of ether oxygens (including phenoxy) is 2. The minimum Gasteiger partial charge on any atom is -0.494 e. The van der Waals surface area contributed by atoms with Crippen LogP contribution < -0.4 is 9.47 Å². The van der Waals surface area contributed by atoms with Crippen LogP contribution in [0.15, 0.2) is 48.3 Å². The molecule has 3 heterocycles. The van der Waals surface area contributed by atoms with Crippen LogP contribution in [0.3, 0.4) is 0 Å². The third-order valence-corrected chi connectivity index (χ3v) is 5.85. The normalized spacial score (nSPS) is 13.3. The number of benzene rings is 1. The predicted molar refractivity (Wildman–Crippen MR) is 128 cm³/mol. The number of fused-ring (bicyclic) bond motifs is 1. The lowest BCUT2D eigenvalue weighted by molar-refractivity contribution is -0.126. The third-order valence-electron chi connectivity index (χ3n) is 5.85. The number of piperidine rings is 1. The molecule has 34 heavy (non-hydrogen) atoms. The van der Waals surface area contributed by atoms with Crippen LogP contribution in [-0.2, 0) is 4.79 Å². The van der Waals surface area contributed by atoms with E-state index in [4.69, 9.17) is 14.6 Å². The molecule has 1 fully saturated rings. The molecule has 4 rings (SSSR count). The molecule has 0 saturated carbocycles. The summed E-state index contributed by atoms with van der Waals surface area (Å²) in [5.41, 5.74) is 3.67. The van der Waals surface area contributed by atoms with Crippen LogP contribution in [0.2, 0.25) is 0 Å². The van der Waals surface area contributed by atoms with E-state index in [1.165, 1.54) is 26.6 Å². The van der Waals surface area contributed by atoms with E-state index in [-0.39, 0.29) is 12.2 Å². The number of rotatable bonds is 5. The van der Waals surface area contributed by atoms with Gasteiger partial charge in [-0.25, -0.2) is 4.98 Å². The first-order valence-electron chi connectivity index (χ1n) is 10.9. The molecule has 1 aliphatic rings. The van der Waals surface area contributed by atoms with Crippen molar-refractivity contribution in [3.05, 3.63) is 59.4 Å². The van der Waals surface area contributed by atoms with Crippen molar-refractivity contribution in [1.82, 2.24) is 14.9 Å². The quantitative estimate of drug-likeness (QED) is 0.345. The van der Waals surface area contributed by atoms with Crippen LogP contribution in [0.5, 0.6) is 11.6 Å². The van der Waals surface area contributed by atoms with Gasteiger partial charge in [0.15, 0.2) is 0 Å². The summed E-state index contributed by atoms with van der Waals surface area (Å²) in [6.45, 7) is 0.583. The van der Waals surface area contributed by atoms with Crippen LogP contribution >= 0.6 is 0 Å². The van der Waals surface area contributed by atoms with Crippen LogP contribution in [0.1, 0.15) is 28.8 Å². The number of nitrogens with one attached hydrogen (secondary N) is 1. The van der Waals surface area contributed by atoms with Crippen molar-refractivity contribution in [2.45, 2.75) is 12.8 Å². The number of aromatic amines is 1. The lowest BCUT2D eigenvalue weighted by Gasteiger charge is -2.29. The highest BCUT2D eigenvalue weighted by Gasteiger charge is 2.30. The zero-order valence-electron chi connectivity index (χ0n) is 19.1. The Balaban J connectivity index is 1.57. The molecule has 8 nitrogen and oxygen atoms in total. The standard InChI is InChI=1S/C26H25N3O5/c1-33-21-16-28-25(34-2)23-22(21)20(15-27-23)24(31)26(32)29-12-10-18(11-13-29)19(9-6-14-30)17-7-4-3-5-8-17/h3-5,7-8,15-16,27,30H,10-14H2,1-2H3. The lowest BCUT2D eigenvalue weighted by atomic mass is 9.93. The number of amides is 1. The molecule has 0 bridgehead atoms. The summed E-state index contributed by atoms with van der Waals surface area (Å²) < 4.78 is 10.6. The Kier molecular flexibility index (Phi) is 6.95. The Morgan fingerprint density at radius 1 is 1.15 bits per heavy atom. The minimum absolute atomic E-state index is 0.220. The molecule has 1 amide bonds. The predicted octanol–water partition coefficient (Wildman–Crippen LogP) is 2.83. The van der Waals surface area contributed by atoms with Gasteiger partial charge in [0.2, 0.25) is 5.88 Å². The van der Waals surface area contributed by atoms with Crippen molar-refractivity contribution in [1.29, 1.82) is 0 Å². The van der Waals surface area contributed by atoms with E-state index in [0.29, 0.717) is 48.5 Å². The molecule has 174 valence electrons. The molecule has 1 aromatic carbocycles. The van der Waals surface area contributed by atoms with E-state index in [0.717, 1.165) is 16.7 Å². The van der Waals surface area contributed by atoms with Gasteiger partial charge in [-0.2, -0.15) is 0 Å². The number of allylic oxidation sites excluding steroid dienone is 1. The average molecular weight is 460 g/mol. The van der Waals surface area contributed by atoms with E-state index in [9.17, 15) is 9.59 Å². The molecule has 0 aliphatic carbocycles. The van der Waals surface area contributed by atoms with Crippen molar-refractivity contribution in [3.8, 4) is 23.5 Å². The van der Waals surface area contributed by atoms with E-state index >= 15 is 0 Å². The Morgan fingerprint density at radius 3 is 2.53 bits per heavy atom. The maximum absolute atomic E-state index is 13.2. The number of aliphatic hydroxyl groups is 1. The summed E-state index contributed by atoms with van der Waals surface area (Å²) >= 11 is 0. The first-order chi connectivity index (χ1) is 16.6. The van der Waals surface area contributed by atoms with E-state index in [1.54, 1.807) is 4.90 Å². The second-order valence-electron chi connectivity index (χ2n) is 7.71. The Bertz CT molecular complexity index is 1300. The number of ketones is 1. The third kappa shape index (κ3) is 4.38. The molecule has 0 spiro atoms. The number of nitrogens with zero attached hydrogens (tertiary/aromatic N) is 2. The highest BCUT2D eigenvalue weighted by Crippen LogP contribution is 2.34. The zero-order valence-corrected chi connectivity index (χ0v) is 19.1. The molecule has 1 aliphatic heterocycles. The van der Waals surface area contributed by atoms with Gasteiger partial charge in [-0.05, 0) is 18.4 Å². The number of aromatic nitrogens is 2. The summed E-state index contributed by atoms with van der Waals surface area (Å²) in [7, 11) is 2.96. The number of methoxy groups -OCH3 is 2. The largest absolute Gasteiger partial charge is 0.494 e. The van der Waals surface area contributed by atoms with Gasteiger partial charge in [-0.3, -0.25) is 9.59 Å². The first kappa shape index (κ1) is 23.1. The number of carbonyl (C=O) groups excluding carboxylic acids is 2. The van der Waals surface area contributed by atoms with Gasteiger partial charge in [0, 0.05) is 24.9 Å². The summed E-state index contributed by atoms with van der Waals surface area (Å²) in [4.78, 5) is 35.0. The number of carbonyl (C=O) groups is 2. The molecule has 0 radical (unpaired) electrons. The van der Waals surface area contributed by atoms with Crippen LogP contribution in [0.4, 0.5) is 0 Å².